The van der Waals surface area contributed by atoms with Gasteiger partial charge in [0.1, 0.15) is 4.83 Å². The minimum atomic E-state index is -0.447. The molecule has 0 saturated heterocycles. The highest BCUT2D eigenvalue weighted by Gasteiger charge is 2.25. The standard InChI is InChI=1S/C22H25N3O2S2/c1-13-8-9-16-17(12-13)29-20-18(16)21(27)25(11-10-15-6-4-3-5-7-15)22(24-20)28-14(2)19(23)26/h3-7,13-14H,8-12H2,1-2H3,(H2,23,26)/t13-,14-/m1/s1. The second kappa shape index (κ2) is 8.32. The molecule has 2 N–H and O–H groups in total. The van der Waals surface area contributed by atoms with Gasteiger partial charge in [-0.15, -0.1) is 11.3 Å². The van der Waals surface area contributed by atoms with Crippen molar-refractivity contribution in [3.05, 3.63) is 56.7 Å². The van der Waals surface area contributed by atoms with E-state index in [0.717, 1.165) is 35.9 Å². The van der Waals surface area contributed by atoms with Crippen LogP contribution in [0.3, 0.4) is 0 Å². The average Bonchev–Trinajstić information content (AvgIpc) is 3.05. The third kappa shape index (κ3) is 4.12. The quantitative estimate of drug-likeness (QED) is 0.480. The number of thiophene rings is 1. The molecule has 0 aliphatic heterocycles. The van der Waals surface area contributed by atoms with Crippen molar-refractivity contribution < 1.29 is 4.79 Å². The van der Waals surface area contributed by atoms with Crippen LogP contribution in [0.4, 0.5) is 0 Å². The molecule has 1 aliphatic rings. The normalized spacial score (nSPS) is 17.2. The molecule has 29 heavy (non-hydrogen) atoms. The van der Waals surface area contributed by atoms with Gasteiger partial charge in [-0.2, -0.15) is 0 Å². The van der Waals surface area contributed by atoms with Crippen molar-refractivity contribution in [2.24, 2.45) is 11.7 Å². The van der Waals surface area contributed by atoms with Gasteiger partial charge in [-0.05, 0) is 49.7 Å². The van der Waals surface area contributed by atoms with E-state index in [1.54, 1.807) is 22.8 Å². The van der Waals surface area contributed by atoms with Crippen LogP contribution in [0.15, 0.2) is 40.3 Å². The molecule has 0 bridgehead atoms. The van der Waals surface area contributed by atoms with Crippen LogP contribution >= 0.6 is 23.1 Å². The summed E-state index contributed by atoms with van der Waals surface area (Å²) >= 11 is 2.91. The lowest BCUT2D eigenvalue weighted by Gasteiger charge is -2.18. The van der Waals surface area contributed by atoms with Gasteiger partial charge < -0.3 is 5.73 Å². The van der Waals surface area contributed by atoms with Crippen LogP contribution in [0.1, 0.15) is 36.3 Å². The smallest absolute Gasteiger partial charge is 0.263 e. The van der Waals surface area contributed by atoms with E-state index in [9.17, 15) is 9.59 Å². The van der Waals surface area contributed by atoms with Gasteiger partial charge in [0.2, 0.25) is 5.91 Å². The topological polar surface area (TPSA) is 78.0 Å². The summed E-state index contributed by atoms with van der Waals surface area (Å²) in [4.78, 5) is 32.1. The van der Waals surface area contributed by atoms with Gasteiger partial charge in [0, 0.05) is 11.4 Å². The molecule has 4 rings (SSSR count). The minimum absolute atomic E-state index is 0.0113. The van der Waals surface area contributed by atoms with Gasteiger partial charge in [-0.3, -0.25) is 14.2 Å². The number of hydrogen-bond donors (Lipinski definition) is 1. The van der Waals surface area contributed by atoms with Crippen LogP contribution < -0.4 is 11.3 Å². The van der Waals surface area contributed by atoms with Crippen molar-refractivity contribution in [1.29, 1.82) is 0 Å². The molecule has 1 aromatic carbocycles. The van der Waals surface area contributed by atoms with Crippen LogP contribution in [0.2, 0.25) is 0 Å². The van der Waals surface area contributed by atoms with Crippen LogP contribution in [0.25, 0.3) is 10.2 Å². The Labute approximate surface area is 178 Å². The number of hydrogen-bond acceptors (Lipinski definition) is 5. The summed E-state index contributed by atoms with van der Waals surface area (Å²) < 4.78 is 1.74. The molecule has 0 radical (unpaired) electrons. The van der Waals surface area contributed by atoms with Crippen LogP contribution in [-0.2, 0) is 30.6 Å². The number of rotatable bonds is 6. The Morgan fingerprint density at radius 1 is 1.38 bits per heavy atom. The van der Waals surface area contributed by atoms with Crippen molar-refractivity contribution in [3.63, 3.8) is 0 Å². The van der Waals surface area contributed by atoms with Crippen LogP contribution in [0, 0.1) is 5.92 Å². The van der Waals surface area contributed by atoms with Crippen molar-refractivity contribution >= 4 is 39.2 Å². The molecule has 2 atom stereocenters. The molecular formula is C22H25N3O2S2. The maximum Gasteiger partial charge on any atom is 0.263 e. The van der Waals surface area contributed by atoms with Crippen LogP contribution in [-0.4, -0.2) is 20.7 Å². The molecule has 152 valence electrons. The number of benzene rings is 1. The molecule has 1 aliphatic carbocycles. The summed E-state index contributed by atoms with van der Waals surface area (Å²) in [6.45, 7) is 4.54. The van der Waals surface area contributed by atoms with E-state index in [1.807, 2.05) is 18.2 Å². The number of primary amides is 1. The van der Waals surface area contributed by atoms with Crippen molar-refractivity contribution in [2.75, 3.05) is 0 Å². The Morgan fingerprint density at radius 2 is 2.14 bits per heavy atom. The Balaban J connectivity index is 1.79. The lowest BCUT2D eigenvalue weighted by Crippen LogP contribution is -2.28. The third-order valence-electron chi connectivity index (χ3n) is 5.53. The summed E-state index contributed by atoms with van der Waals surface area (Å²) in [5, 5.41) is 0.911. The molecule has 3 aromatic rings. The van der Waals surface area contributed by atoms with Gasteiger partial charge >= 0.3 is 0 Å². The van der Waals surface area contributed by atoms with Crippen LogP contribution in [0.5, 0.6) is 0 Å². The number of nitrogens with two attached hydrogens (primary N) is 1. The number of fused-ring (bicyclic) bond motifs is 3. The van der Waals surface area contributed by atoms with E-state index >= 15 is 0 Å². The van der Waals surface area contributed by atoms with E-state index in [2.05, 4.69) is 19.1 Å². The SMILES string of the molecule is C[C@@H]1CCc2c(sc3nc(S[C@H](C)C(N)=O)n(CCc4ccccc4)c(=O)c23)C1. The summed E-state index contributed by atoms with van der Waals surface area (Å²) in [7, 11) is 0. The first kappa shape index (κ1) is 20.2. The molecule has 2 heterocycles. The highest BCUT2D eigenvalue weighted by atomic mass is 32.2. The lowest BCUT2D eigenvalue weighted by molar-refractivity contribution is -0.117. The molecule has 0 saturated carbocycles. The average molecular weight is 428 g/mol. The highest BCUT2D eigenvalue weighted by molar-refractivity contribution is 8.00. The lowest BCUT2D eigenvalue weighted by atomic mass is 9.89. The Kier molecular flexibility index (Phi) is 5.79. The summed E-state index contributed by atoms with van der Waals surface area (Å²) in [6, 6.07) is 10.1. The van der Waals surface area contributed by atoms with Crippen molar-refractivity contribution in [2.45, 2.75) is 56.5 Å². The first-order valence-corrected chi connectivity index (χ1v) is 11.7. The number of nitrogens with zero attached hydrogens (tertiary/aromatic N) is 2. The minimum Gasteiger partial charge on any atom is -0.369 e. The largest absolute Gasteiger partial charge is 0.369 e. The van der Waals surface area contributed by atoms with Crippen molar-refractivity contribution in [1.82, 2.24) is 9.55 Å². The highest BCUT2D eigenvalue weighted by Crippen LogP contribution is 2.36. The molecule has 5 nitrogen and oxygen atoms in total. The number of amides is 1. The summed E-state index contributed by atoms with van der Waals surface area (Å²) in [5.41, 5.74) is 7.84. The molecule has 7 heteroatoms. The van der Waals surface area contributed by atoms with Gasteiger partial charge in [0.25, 0.3) is 5.56 Å². The Morgan fingerprint density at radius 3 is 2.86 bits per heavy atom. The number of aromatic nitrogens is 2. The van der Waals surface area contributed by atoms with E-state index in [0.29, 0.717) is 17.6 Å². The zero-order valence-electron chi connectivity index (χ0n) is 16.7. The van der Waals surface area contributed by atoms with E-state index in [1.165, 1.54) is 27.8 Å². The van der Waals surface area contributed by atoms with Gasteiger partial charge in [0.15, 0.2) is 5.16 Å². The maximum atomic E-state index is 13.5. The number of carbonyl (C=O) groups excluding carboxylic acids is 1. The van der Waals surface area contributed by atoms with Crippen molar-refractivity contribution in [3.8, 4) is 0 Å². The second-order valence-electron chi connectivity index (χ2n) is 7.78. The first-order chi connectivity index (χ1) is 13.9. The summed E-state index contributed by atoms with van der Waals surface area (Å²) in [5.74, 6) is 0.234. The molecule has 2 aromatic heterocycles. The van der Waals surface area contributed by atoms with E-state index in [4.69, 9.17) is 10.7 Å². The number of aryl methyl sites for hydroxylation is 2. The maximum absolute atomic E-state index is 13.5. The van der Waals surface area contributed by atoms with Gasteiger partial charge in [0.05, 0.1) is 10.6 Å². The molecule has 1 amide bonds. The predicted molar refractivity (Wildman–Crippen MR) is 120 cm³/mol. The second-order valence-corrected chi connectivity index (χ2v) is 10.2. The van der Waals surface area contributed by atoms with Gasteiger partial charge in [-0.1, -0.05) is 49.0 Å². The Bertz CT molecular complexity index is 1100. The first-order valence-electron chi connectivity index (χ1n) is 9.99. The van der Waals surface area contributed by atoms with E-state index in [-0.39, 0.29) is 5.56 Å². The fourth-order valence-corrected chi connectivity index (χ4v) is 6.10. The Hall–Kier alpha value is -2.12. The molecular weight excluding hydrogens is 402 g/mol. The van der Waals surface area contributed by atoms with Gasteiger partial charge in [-0.25, -0.2) is 4.98 Å². The molecule has 0 unspecified atom stereocenters. The number of carbonyl (C=O) groups is 1. The monoisotopic (exact) mass is 427 g/mol. The number of thioether (sulfide) groups is 1. The zero-order valence-corrected chi connectivity index (χ0v) is 18.3. The van der Waals surface area contributed by atoms with E-state index < -0.39 is 11.2 Å². The third-order valence-corrected chi connectivity index (χ3v) is 7.79. The summed E-state index contributed by atoms with van der Waals surface area (Å²) in [6.07, 6.45) is 3.80. The molecule has 0 spiro atoms. The molecule has 0 fully saturated rings. The fourth-order valence-electron chi connectivity index (χ4n) is 3.79. The predicted octanol–water partition coefficient (Wildman–Crippen LogP) is 3.79. The zero-order chi connectivity index (χ0) is 20.5. The fraction of sp³-hybridized carbons (Fsp3) is 0.409.